The minimum Gasteiger partial charge on any atom is -0.344 e. The first-order valence-electron chi connectivity index (χ1n) is 5.69. The number of Topliss-reactive ketones (excluding diaryl/α,β-unsaturated/α-hetero) is 1. The van der Waals surface area contributed by atoms with Crippen LogP contribution in [0.15, 0.2) is 0 Å². The molecular formula is C11H20O3S2. The van der Waals surface area contributed by atoms with Crippen LogP contribution in [0.4, 0.5) is 0 Å². The van der Waals surface area contributed by atoms with Gasteiger partial charge in [-0.15, -0.1) is 23.5 Å². The van der Waals surface area contributed by atoms with Crippen molar-refractivity contribution in [3.8, 4) is 0 Å². The number of hydrogen-bond donors (Lipinski definition) is 0. The summed E-state index contributed by atoms with van der Waals surface area (Å²) in [7, 11) is 0. The number of rotatable bonds is 6. The second-order valence-electron chi connectivity index (χ2n) is 3.60. The summed E-state index contributed by atoms with van der Waals surface area (Å²) >= 11 is 3.41. The summed E-state index contributed by atoms with van der Waals surface area (Å²) in [6.45, 7) is 6.48. The number of carbonyl (C=O) groups is 1. The average Bonchev–Trinajstić information content (AvgIpc) is 2.30. The minimum atomic E-state index is -1.06. The Morgan fingerprint density at radius 3 is 2.19 bits per heavy atom. The highest BCUT2D eigenvalue weighted by molar-refractivity contribution is 8.18. The molecule has 0 atom stereocenters. The lowest BCUT2D eigenvalue weighted by Gasteiger charge is -2.32. The van der Waals surface area contributed by atoms with Gasteiger partial charge >= 0.3 is 0 Å². The maximum Gasteiger partial charge on any atom is 0.228 e. The molecule has 0 unspecified atom stereocenters. The average molecular weight is 264 g/mol. The van der Waals surface area contributed by atoms with Crippen LogP contribution in [0, 0.1) is 0 Å². The lowest BCUT2D eigenvalue weighted by atomic mass is 10.2. The van der Waals surface area contributed by atoms with Crippen molar-refractivity contribution in [1.29, 1.82) is 0 Å². The third-order valence-electron chi connectivity index (χ3n) is 2.33. The molecule has 0 aromatic carbocycles. The highest BCUT2D eigenvalue weighted by Crippen LogP contribution is 2.35. The van der Waals surface area contributed by atoms with Gasteiger partial charge in [0.25, 0.3) is 0 Å². The highest BCUT2D eigenvalue weighted by atomic mass is 32.2. The summed E-state index contributed by atoms with van der Waals surface area (Å²) in [5.41, 5.74) is 0. The molecule has 0 saturated carbocycles. The van der Waals surface area contributed by atoms with E-state index < -0.39 is 5.79 Å². The number of carbonyl (C=O) groups excluding carboxylic acids is 1. The first-order valence-corrected chi connectivity index (χ1v) is 7.79. The Labute approximate surface area is 106 Å². The van der Waals surface area contributed by atoms with Gasteiger partial charge in [-0.05, 0) is 38.7 Å². The Hall–Kier alpha value is 0.290. The van der Waals surface area contributed by atoms with Crippen molar-refractivity contribution in [2.75, 3.05) is 24.7 Å². The Bertz CT molecular complexity index is 221. The molecule has 94 valence electrons. The van der Waals surface area contributed by atoms with Gasteiger partial charge in [0.15, 0.2) is 0 Å². The van der Waals surface area contributed by atoms with Gasteiger partial charge < -0.3 is 9.47 Å². The van der Waals surface area contributed by atoms with E-state index in [9.17, 15) is 4.79 Å². The number of hydrogen-bond acceptors (Lipinski definition) is 5. The van der Waals surface area contributed by atoms with E-state index in [0.29, 0.717) is 13.2 Å². The van der Waals surface area contributed by atoms with Crippen molar-refractivity contribution in [3.05, 3.63) is 0 Å². The quantitative estimate of drug-likeness (QED) is 0.689. The fraction of sp³-hybridized carbons (Fsp3) is 0.909. The van der Waals surface area contributed by atoms with Crippen molar-refractivity contribution in [2.24, 2.45) is 0 Å². The topological polar surface area (TPSA) is 35.5 Å². The van der Waals surface area contributed by atoms with Crippen molar-refractivity contribution >= 4 is 29.3 Å². The van der Waals surface area contributed by atoms with E-state index in [-0.39, 0.29) is 10.4 Å². The van der Waals surface area contributed by atoms with E-state index in [1.807, 2.05) is 13.8 Å². The monoisotopic (exact) mass is 264 g/mol. The third kappa shape index (κ3) is 3.65. The molecule has 0 aromatic rings. The molecule has 0 aromatic heterocycles. The summed E-state index contributed by atoms with van der Waals surface area (Å²) in [6.07, 6.45) is 1.18. The van der Waals surface area contributed by atoms with E-state index in [1.165, 1.54) is 6.42 Å². The van der Waals surface area contributed by atoms with Crippen molar-refractivity contribution in [2.45, 2.75) is 37.6 Å². The Morgan fingerprint density at radius 2 is 1.75 bits per heavy atom. The molecular weight excluding hydrogens is 244 g/mol. The molecule has 0 spiro atoms. The fourth-order valence-corrected chi connectivity index (χ4v) is 4.51. The molecule has 1 fully saturated rings. The largest absolute Gasteiger partial charge is 0.344 e. The summed E-state index contributed by atoms with van der Waals surface area (Å²) < 4.78 is 10.9. The summed E-state index contributed by atoms with van der Waals surface area (Å²) in [6, 6.07) is 0. The highest BCUT2D eigenvalue weighted by Gasteiger charge is 2.40. The molecule has 1 heterocycles. The molecule has 0 radical (unpaired) electrons. The maximum atomic E-state index is 12.3. The molecule has 16 heavy (non-hydrogen) atoms. The molecule has 0 N–H and O–H groups in total. The Balaban J connectivity index is 2.64. The van der Waals surface area contributed by atoms with Gasteiger partial charge in [-0.25, -0.2) is 0 Å². The van der Waals surface area contributed by atoms with Gasteiger partial charge in [-0.3, -0.25) is 4.79 Å². The predicted molar refractivity (Wildman–Crippen MR) is 70.0 cm³/mol. The lowest BCUT2D eigenvalue weighted by molar-refractivity contribution is -0.215. The summed E-state index contributed by atoms with van der Waals surface area (Å²) in [4.78, 5) is 12.3. The van der Waals surface area contributed by atoms with Crippen molar-refractivity contribution in [3.63, 3.8) is 0 Å². The summed E-state index contributed by atoms with van der Waals surface area (Å²) in [5, 5.41) is 0. The first kappa shape index (κ1) is 14.4. The number of ether oxygens (including phenoxy) is 2. The fourth-order valence-electron chi connectivity index (χ4n) is 1.59. The maximum absolute atomic E-state index is 12.3. The van der Waals surface area contributed by atoms with Gasteiger partial charge in [-0.1, -0.05) is 0 Å². The zero-order valence-corrected chi connectivity index (χ0v) is 11.8. The molecule has 0 aliphatic carbocycles. The van der Waals surface area contributed by atoms with Crippen LogP contribution in [0.5, 0.6) is 0 Å². The Kier molecular flexibility index (Phi) is 6.18. The lowest BCUT2D eigenvalue weighted by Crippen LogP contribution is -2.46. The second kappa shape index (κ2) is 6.89. The molecule has 5 heteroatoms. The van der Waals surface area contributed by atoms with E-state index in [0.717, 1.165) is 11.5 Å². The number of thioether (sulfide) groups is 2. The van der Waals surface area contributed by atoms with Crippen LogP contribution in [0.2, 0.25) is 0 Å². The summed E-state index contributed by atoms with van der Waals surface area (Å²) in [5.74, 6) is 1.10. The van der Waals surface area contributed by atoms with Crippen LogP contribution in [0.25, 0.3) is 0 Å². The van der Waals surface area contributed by atoms with E-state index in [4.69, 9.17) is 9.47 Å². The molecule has 1 rings (SSSR count). The standard InChI is InChI=1S/C11H20O3S2/c1-4-13-11(3,14-5-2)9(12)10-15-7-6-8-16-10/h10H,4-8H2,1-3H3. The van der Waals surface area contributed by atoms with E-state index in [1.54, 1.807) is 30.4 Å². The van der Waals surface area contributed by atoms with Crippen LogP contribution in [0.1, 0.15) is 27.2 Å². The predicted octanol–water partition coefficient (Wildman–Crippen LogP) is 2.54. The van der Waals surface area contributed by atoms with Gasteiger partial charge in [0.1, 0.15) is 4.58 Å². The third-order valence-corrected chi connectivity index (χ3v) is 5.23. The zero-order chi connectivity index (χ0) is 12.0. The van der Waals surface area contributed by atoms with Crippen LogP contribution in [-0.4, -0.2) is 40.9 Å². The van der Waals surface area contributed by atoms with E-state index in [2.05, 4.69) is 0 Å². The van der Waals surface area contributed by atoms with Gasteiger partial charge in [0, 0.05) is 13.2 Å². The normalized spacial score (nSPS) is 18.7. The molecule has 1 saturated heterocycles. The molecule has 1 aliphatic heterocycles. The van der Waals surface area contributed by atoms with Crippen LogP contribution >= 0.6 is 23.5 Å². The molecule has 1 aliphatic rings. The number of ketones is 1. The molecule has 0 amide bonds. The zero-order valence-electron chi connectivity index (χ0n) is 10.2. The Morgan fingerprint density at radius 1 is 1.25 bits per heavy atom. The van der Waals surface area contributed by atoms with Crippen molar-refractivity contribution < 1.29 is 14.3 Å². The molecule has 0 bridgehead atoms. The second-order valence-corrected chi connectivity index (χ2v) is 6.33. The smallest absolute Gasteiger partial charge is 0.228 e. The molecule has 3 nitrogen and oxygen atoms in total. The SMILES string of the molecule is CCOC(C)(OCC)C(=O)C1SCCCS1. The van der Waals surface area contributed by atoms with Gasteiger partial charge in [-0.2, -0.15) is 0 Å². The van der Waals surface area contributed by atoms with Crippen LogP contribution in [-0.2, 0) is 14.3 Å². The van der Waals surface area contributed by atoms with Crippen LogP contribution in [0.3, 0.4) is 0 Å². The van der Waals surface area contributed by atoms with Crippen LogP contribution < -0.4 is 0 Å². The van der Waals surface area contributed by atoms with E-state index >= 15 is 0 Å². The first-order chi connectivity index (χ1) is 7.64. The van der Waals surface area contributed by atoms with Crippen molar-refractivity contribution in [1.82, 2.24) is 0 Å². The van der Waals surface area contributed by atoms with Gasteiger partial charge in [0.05, 0.1) is 0 Å². The van der Waals surface area contributed by atoms with Gasteiger partial charge in [0.2, 0.25) is 11.6 Å². The minimum absolute atomic E-state index is 0.0307.